The second-order valence-electron chi connectivity index (χ2n) is 8.49. The third-order valence-electron chi connectivity index (χ3n) is 6.01. The Bertz CT molecular complexity index is 777. The van der Waals surface area contributed by atoms with Gasteiger partial charge >= 0.3 is 0 Å². The van der Waals surface area contributed by atoms with Crippen LogP contribution in [0.3, 0.4) is 0 Å². The summed E-state index contributed by atoms with van der Waals surface area (Å²) in [6, 6.07) is 4.46. The molecule has 0 aromatic carbocycles. The molecule has 3 heterocycles. The molecule has 0 amide bonds. The van der Waals surface area contributed by atoms with Gasteiger partial charge in [-0.3, -0.25) is 4.90 Å². The summed E-state index contributed by atoms with van der Waals surface area (Å²) in [5, 5.41) is 19.6. The van der Waals surface area contributed by atoms with Gasteiger partial charge in [-0.25, -0.2) is 8.42 Å². The van der Waals surface area contributed by atoms with Crippen LogP contribution in [-0.4, -0.2) is 90.6 Å². The van der Waals surface area contributed by atoms with Crippen molar-refractivity contribution in [2.75, 3.05) is 50.9 Å². The molecule has 9 heteroatoms. The first-order valence-corrected chi connectivity index (χ1v) is 11.5. The molecule has 0 bridgehead atoms. The molecule has 150 valence electrons. The van der Waals surface area contributed by atoms with Crippen molar-refractivity contribution < 1.29 is 13.5 Å². The Morgan fingerprint density at radius 3 is 2.63 bits per heavy atom. The lowest BCUT2D eigenvalue weighted by molar-refractivity contribution is -0.0395. The van der Waals surface area contributed by atoms with Gasteiger partial charge in [-0.05, 0) is 44.9 Å². The summed E-state index contributed by atoms with van der Waals surface area (Å²) >= 11 is 0. The molecule has 1 atom stereocenters. The summed E-state index contributed by atoms with van der Waals surface area (Å²) in [7, 11) is -1.26. The van der Waals surface area contributed by atoms with Crippen molar-refractivity contribution in [2.45, 2.75) is 43.2 Å². The van der Waals surface area contributed by atoms with E-state index in [0.29, 0.717) is 37.9 Å². The lowest BCUT2D eigenvalue weighted by Crippen LogP contribution is -2.63. The molecule has 3 fully saturated rings. The highest BCUT2D eigenvalue weighted by atomic mass is 32.2. The van der Waals surface area contributed by atoms with Gasteiger partial charge < -0.3 is 10.0 Å². The van der Waals surface area contributed by atoms with E-state index < -0.39 is 15.6 Å². The molecule has 1 N–H and O–H groups in total. The Kier molecular flexibility index (Phi) is 4.90. The van der Waals surface area contributed by atoms with Gasteiger partial charge in [-0.2, -0.15) is 9.40 Å². The standard InChI is InChI=1S/C18H29N5O3S/c1-21(12-18(24)8-3-9-23(13-18)27(2,25)26)15-10-22(11-15)17-7-6-16(19-20-17)14-4-5-14/h6-7,14-15,24H,3-5,8-13H2,1-2H3. The van der Waals surface area contributed by atoms with Gasteiger partial charge in [0.1, 0.15) is 0 Å². The summed E-state index contributed by atoms with van der Waals surface area (Å²) in [4.78, 5) is 4.34. The van der Waals surface area contributed by atoms with Gasteiger partial charge in [-0.15, -0.1) is 5.10 Å². The minimum atomic E-state index is -3.26. The van der Waals surface area contributed by atoms with Crippen molar-refractivity contribution >= 4 is 15.8 Å². The molecule has 27 heavy (non-hydrogen) atoms. The second kappa shape index (κ2) is 6.95. The van der Waals surface area contributed by atoms with Gasteiger partial charge in [0.25, 0.3) is 0 Å². The van der Waals surface area contributed by atoms with Gasteiger partial charge in [0.2, 0.25) is 10.0 Å². The predicted molar refractivity (Wildman–Crippen MR) is 103 cm³/mol. The maximum Gasteiger partial charge on any atom is 0.211 e. The van der Waals surface area contributed by atoms with Crippen LogP contribution in [0, 0.1) is 0 Å². The summed E-state index contributed by atoms with van der Waals surface area (Å²) in [5.41, 5.74) is 0.116. The molecule has 0 spiro atoms. The molecule has 1 unspecified atom stereocenters. The first-order chi connectivity index (χ1) is 12.7. The van der Waals surface area contributed by atoms with E-state index >= 15 is 0 Å². The van der Waals surface area contributed by atoms with Crippen molar-refractivity contribution in [2.24, 2.45) is 0 Å². The van der Waals surface area contributed by atoms with Crippen LogP contribution in [0.25, 0.3) is 0 Å². The Morgan fingerprint density at radius 2 is 2.04 bits per heavy atom. The lowest BCUT2D eigenvalue weighted by atomic mass is 9.92. The average Bonchev–Trinajstić information content (AvgIpc) is 3.38. The quantitative estimate of drug-likeness (QED) is 0.739. The molecule has 0 radical (unpaired) electrons. The summed E-state index contributed by atoms with van der Waals surface area (Å²) < 4.78 is 25.0. The summed E-state index contributed by atoms with van der Waals surface area (Å²) in [6.07, 6.45) is 4.99. The van der Waals surface area contributed by atoms with E-state index in [1.807, 2.05) is 7.05 Å². The SMILES string of the molecule is CN(CC1(O)CCCN(S(C)(=O)=O)C1)C1CN(c2ccc(C3CC3)nn2)C1. The van der Waals surface area contributed by atoms with E-state index in [-0.39, 0.29) is 6.54 Å². The van der Waals surface area contributed by atoms with Crippen molar-refractivity contribution in [3.63, 3.8) is 0 Å². The van der Waals surface area contributed by atoms with E-state index in [0.717, 1.165) is 24.6 Å². The number of nitrogens with zero attached hydrogens (tertiary/aromatic N) is 5. The molecule has 3 aliphatic rings. The zero-order chi connectivity index (χ0) is 19.2. The number of aromatic nitrogens is 2. The monoisotopic (exact) mass is 395 g/mol. The molecule has 1 aliphatic carbocycles. The zero-order valence-corrected chi connectivity index (χ0v) is 16.9. The third kappa shape index (κ3) is 4.26. The molecule has 2 aliphatic heterocycles. The van der Waals surface area contributed by atoms with Crippen LogP contribution in [0.2, 0.25) is 0 Å². The van der Waals surface area contributed by atoms with Gasteiger partial charge in [-0.1, -0.05) is 0 Å². The smallest absolute Gasteiger partial charge is 0.211 e. The fourth-order valence-electron chi connectivity index (χ4n) is 4.10. The number of piperidine rings is 1. The molecule has 8 nitrogen and oxygen atoms in total. The molecule has 1 saturated carbocycles. The number of hydrogen-bond donors (Lipinski definition) is 1. The van der Waals surface area contributed by atoms with E-state index in [1.54, 1.807) is 0 Å². The molecular weight excluding hydrogens is 366 g/mol. The molecule has 1 aromatic heterocycles. The number of aliphatic hydroxyl groups is 1. The largest absolute Gasteiger partial charge is 0.387 e. The Hall–Kier alpha value is -1.29. The highest BCUT2D eigenvalue weighted by Gasteiger charge is 2.40. The minimum absolute atomic E-state index is 0.181. The molecular formula is C18H29N5O3S. The Labute approximate surface area is 161 Å². The Morgan fingerprint density at radius 1 is 1.30 bits per heavy atom. The summed E-state index contributed by atoms with van der Waals surface area (Å²) in [6.45, 7) is 2.85. The predicted octanol–water partition coefficient (Wildman–Crippen LogP) is 0.261. The lowest BCUT2D eigenvalue weighted by Gasteiger charge is -2.48. The molecule has 2 saturated heterocycles. The van der Waals surface area contributed by atoms with E-state index in [2.05, 4.69) is 32.1 Å². The van der Waals surface area contributed by atoms with Gasteiger partial charge in [0.15, 0.2) is 5.82 Å². The van der Waals surface area contributed by atoms with Crippen LogP contribution >= 0.6 is 0 Å². The molecule has 1 aromatic rings. The first kappa shape index (κ1) is 19.0. The van der Waals surface area contributed by atoms with Gasteiger partial charge in [0.05, 0.1) is 17.6 Å². The van der Waals surface area contributed by atoms with Crippen LogP contribution in [-0.2, 0) is 10.0 Å². The van der Waals surface area contributed by atoms with E-state index in [1.165, 1.54) is 23.4 Å². The highest BCUT2D eigenvalue weighted by Crippen LogP contribution is 2.39. The minimum Gasteiger partial charge on any atom is -0.387 e. The topological polar surface area (TPSA) is 89.9 Å². The maximum absolute atomic E-state index is 11.8. The number of anilines is 1. The number of sulfonamides is 1. The van der Waals surface area contributed by atoms with E-state index in [4.69, 9.17) is 0 Å². The number of rotatable bonds is 6. The van der Waals surface area contributed by atoms with Crippen LogP contribution in [0.4, 0.5) is 5.82 Å². The third-order valence-corrected chi connectivity index (χ3v) is 7.26. The fraction of sp³-hybridized carbons (Fsp3) is 0.778. The van der Waals surface area contributed by atoms with Crippen LogP contribution in [0.5, 0.6) is 0 Å². The Balaban J connectivity index is 1.30. The van der Waals surface area contributed by atoms with Crippen LogP contribution in [0.15, 0.2) is 12.1 Å². The number of likely N-dealkylation sites (N-methyl/N-ethyl adjacent to an activating group) is 1. The summed E-state index contributed by atoms with van der Waals surface area (Å²) in [5.74, 6) is 1.52. The van der Waals surface area contributed by atoms with Crippen molar-refractivity contribution in [1.29, 1.82) is 0 Å². The van der Waals surface area contributed by atoms with Crippen molar-refractivity contribution in [3.8, 4) is 0 Å². The number of hydrogen-bond acceptors (Lipinski definition) is 7. The normalized spacial score (nSPS) is 27.8. The van der Waals surface area contributed by atoms with Crippen molar-refractivity contribution in [1.82, 2.24) is 19.4 Å². The van der Waals surface area contributed by atoms with Crippen LogP contribution < -0.4 is 4.90 Å². The fourth-order valence-corrected chi connectivity index (χ4v) is 5.03. The number of β-amino-alcohol motifs (C(OH)–C–C–N with tert-alkyl or cyclic N) is 1. The van der Waals surface area contributed by atoms with Gasteiger partial charge in [0, 0.05) is 44.7 Å². The highest BCUT2D eigenvalue weighted by molar-refractivity contribution is 7.88. The van der Waals surface area contributed by atoms with Crippen molar-refractivity contribution in [3.05, 3.63) is 17.8 Å². The zero-order valence-electron chi connectivity index (χ0n) is 16.1. The second-order valence-corrected chi connectivity index (χ2v) is 10.5. The average molecular weight is 396 g/mol. The van der Waals surface area contributed by atoms with E-state index in [9.17, 15) is 13.5 Å². The first-order valence-electron chi connectivity index (χ1n) is 9.70. The molecule has 4 rings (SSSR count). The maximum atomic E-state index is 11.8. The van der Waals surface area contributed by atoms with Crippen LogP contribution in [0.1, 0.15) is 37.3 Å².